The Morgan fingerprint density at radius 3 is 2.00 bits per heavy atom. The van der Waals surface area contributed by atoms with Gasteiger partial charge in [-0.15, -0.1) is 0 Å². The Hall–Kier alpha value is -1.79. The van der Waals surface area contributed by atoms with Gasteiger partial charge >= 0.3 is 12.1 Å². The Bertz CT molecular complexity index is 457. The van der Waals surface area contributed by atoms with Crippen molar-refractivity contribution in [1.82, 2.24) is 10.6 Å². The van der Waals surface area contributed by atoms with Crippen molar-refractivity contribution in [3.63, 3.8) is 0 Å². The summed E-state index contributed by atoms with van der Waals surface area (Å²) in [6.45, 7) is 12.9. The molecule has 0 saturated heterocycles. The Kier molecular flexibility index (Phi) is 9.52. The van der Waals surface area contributed by atoms with E-state index in [1.54, 1.807) is 20.8 Å². The first-order chi connectivity index (χ1) is 11.4. The minimum Gasteiger partial charge on any atom is -0.467 e. The maximum Gasteiger partial charge on any atom is 0.408 e. The summed E-state index contributed by atoms with van der Waals surface area (Å²) in [5.41, 5.74) is -0.660. The molecule has 0 unspecified atom stereocenters. The summed E-state index contributed by atoms with van der Waals surface area (Å²) in [6.07, 6.45) is 0.477. The minimum absolute atomic E-state index is 0.120. The maximum absolute atomic E-state index is 12.7. The molecule has 0 aliphatic heterocycles. The minimum atomic E-state index is -0.792. The van der Waals surface area contributed by atoms with Gasteiger partial charge in [-0.3, -0.25) is 4.79 Å². The summed E-state index contributed by atoms with van der Waals surface area (Å²) in [5.74, 6) is -0.839. The molecule has 2 N–H and O–H groups in total. The molecule has 0 spiro atoms. The number of nitrogens with one attached hydrogen (secondary N) is 2. The summed E-state index contributed by atoms with van der Waals surface area (Å²) < 4.78 is 9.99. The largest absolute Gasteiger partial charge is 0.467 e. The molecule has 0 fully saturated rings. The van der Waals surface area contributed by atoms with Crippen LogP contribution in [0.1, 0.15) is 61.3 Å². The number of methoxy groups -OCH3 is 1. The molecule has 0 bridgehead atoms. The molecule has 25 heavy (non-hydrogen) atoms. The average Bonchev–Trinajstić information content (AvgIpc) is 2.48. The number of rotatable bonds is 8. The van der Waals surface area contributed by atoms with Crippen molar-refractivity contribution < 1.29 is 23.9 Å². The van der Waals surface area contributed by atoms with Crippen LogP contribution in [0, 0.1) is 11.8 Å². The lowest BCUT2D eigenvalue weighted by Gasteiger charge is -2.28. The van der Waals surface area contributed by atoms with E-state index in [0.29, 0.717) is 12.8 Å². The first-order valence-corrected chi connectivity index (χ1v) is 8.78. The van der Waals surface area contributed by atoms with Gasteiger partial charge in [-0.2, -0.15) is 0 Å². The Morgan fingerprint density at radius 1 is 1.04 bits per heavy atom. The highest BCUT2D eigenvalue weighted by molar-refractivity contribution is 5.89. The SMILES string of the molecule is CC[C@H](C)[C@H](NC(=O)OC(C)(C)C)C(=O)N[C@@H](CC(C)C)C(=O)OC. The van der Waals surface area contributed by atoms with Gasteiger partial charge in [0.1, 0.15) is 17.7 Å². The van der Waals surface area contributed by atoms with Crippen LogP contribution in [-0.2, 0) is 19.1 Å². The van der Waals surface area contributed by atoms with Gasteiger partial charge in [0.25, 0.3) is 0 Å². The lowest BCUT2D eigenvalue weighted by Crippen LogP contribution is -2.55. The van der Waals surface area contributed by atoms with Crippen LogP contribution in [0.4, 0.5) is 4.79 Å². The van der Waals surface area contributed by atoms with Crippen LogP contribution in [0.15, 0.2) is 0 Å². The number of ether oxygens (including phenoxy) is 2. The Labute approximate surface area is 151 Å². The van der Waals surface area contributed by atoms with Crippen molar-refractivity contribution in [3.8, 4) is 0 Å². The van der Waals surface area contributed by atoms with Crippen LogP contribution in [0.5, 0.6) is 0 Å². The van der Waals surface area contributed by atoms with Crippen molar-refractivity contribution >= 4 is 18.0 Å². The molecule has 0 heterocycles. The van der Waals surface area contributed by atoms with E-state index in [2.05, 4.69) is 10.6 Å². The molecule has 0 aliphatic carbocycles. The van der Waals surface area contributed by atoms with E-state index in [9.17, 15) is 14.4 Å². The van der Waals surface area contributed by atoms with Crippen molar-refractivity contribution in [2.75, 3.05) is 7.11 Å². The van der Waals surface area contributed by atoms with Gasteiger partial charge < -0.3 is 20.1 Å². The fourth-order valence-corrected chi connectivity index (χ4v) is 2.23. The zero-order valence-electron chi connectivity index (χ0n) is 16.8. The van der Waals surface area contributed by atoms with Gasteiger partial charge in [0, 0.05) is 0 Å². The van der Waals surface area contributed by atoms with Gasteiger partial charge in [-0.1, -0.05) is 34.1 Å². The molecule has 2 amide bonds. The number of esters is 1. The van der Waals surface area contributed by atoms with Gasteiger partial charge in [-0.05, 0) is 39.0 Å². The second kappa shape index (κ2) is 10.3. The molecule has 146 valence electrons. The Morgan fingerprint density at radius 2 is 1.60 bits per heavy atom. The van der Waals surface area contributed by atoms with Crippen molar-refractivity contribution in [2.24, 2.45) is 11.8 Å². The zero-order valence-corrected chi connectivity index (χ0v) is 16.8. The molecule has 0 aromatic rings. The van der Waals surface area contributed by atoms with E-state index >= 15 is 0 Å². The van der Waals surface area contributed by atoms with E-state index in [1.807, 2.05) is 27.7 Å². The molecule has 0 rings (SSSR count). The molecule has 0 aromatic heterocycles. The summed E-state index contributed by atoms with van der Waals surface area (Å²) in [7, 11) is 1.28. The van der Waals surface area contributed by atoms with Crippen LogP contribution in [0.25, 0.3) is 0 Å². The fraction of sp³-hybridized carbons (Fsp3) is 0.833. The molecule has 0 radical (unpaired) electrons. The molecule has 3 atom stereocenters. The average molecular weight is 358 g/mol. The molecule has 0 aliphatic rings. The van der Waals surface area contributed by atoms with Crippen LogP contribution < -0.4 is 10.6 Å². The quantitative estimate of drug-likeness (QED) is 0.651. The normalized spacial score (nSPS) is 15.1. The van der Waals surface area contributed by atoms with Crippen molar-refractivity contribution in [3.05, 3.63) is 0 Å². The smallest absolute Gasteiger partial charge is 0.408 e. The van der Waals surface area contributed by atoms with E-state index in [0.717, 1.165) is 0 Å². The molecular weight excluding hydrogens is 324 g/mol. The Balaban J connectivity index is 5.15. The van der Waals surface area contributed by atoms with Crippen LogP contribution in [-0.4, -0.2) is 42.8 Å². The maximum atomic E-state index is 12.7. The number of hydrogen-bond acceptors (Lipinski definition) is 5. The molecule has 7 nitrogen and oxygen atoms in total. The van der Waals surface area contributed by atoms with Crippen molar-refractivity contribution in [1.29, 1.82) is 0 Å². The summed E-state index contributed by atoms with van der Waals surface area (Å²) in [4.78, 5) is 36.6. The fourth-order valence-electron chi connectivity index (χ4n) is 2.23. The predicted molar refractivity (Wildman–Crippen MR) is 96.0 cm³/mol. The lowest BCUT2D eigenvalue weighted by atomic mass is 9.97. The van der Waals surface area contributed by atoms with Crippen LogP contribution in [0.2, 0.25) is 0 Å². The number of alkyl carbamates (subject to hydrolysis) is 1. The number of hydrogen-bond donors (Lipinski definition) is 2. The first kappa shape index (κ1) is 23.2. The summed E-state index contributed by atoms with van der Waals surface area (Å²) >= 11 is 0. The standard InChI is InChI=1S/C18H34N2O5/c1-9-12(4)14(20-17(23)25-18(5,6)7)15(21)19-13(10-11(2)3)16(22)24-8/h11-14H,9-10H2,1-8H3,(H,19,21)(H,20,23)/t12-,13-,14-/m0/s1. The van der Waals surface area contributed by atoms with Gasteiger partial charge in [-0.25, -0.2) is 9.59 Å². The predicted octanol–water partition coefficient (Wildman–Crippen LogP) is 2.63. The third-order valence-electron chi connectivity index (χ3n) is 3.68. The number of amides is 2. The highest BCUT2D eigenvalue weighted by atomic mass is 16.6. The van der Waals surface area contributed by atoms with E-state index in [4.69, 9.17) is 9.47 Å². The van der Waals surface area contributed by atoms with E-state index in [1.165, 1.54) is 7.11 Å². The first-order valence-electron chi connectivity index (χ1n) is 8.78. The third-order valence-corrected chi connectivity index (χ3v) is 3.68. The van der Waals surface area contributed by atoms with E-state index in [-0.39, 0.29) is 11.8 Å². The van der Waals surface area contributed by atoms with Crippen LogP contribution in [0.3, 0.4) is 0 Å². The lowest BCUT2D eigenvalue weighted by molar-refractivity contribution is -0.146. The van der Waals surface area contributed by atoms with Gasteiger partial charge in [0.05, 0.1) is 7.11 Å². The highest BCUT2D eigenvalue weighted by Crippen LogP contribution is 2.13. The third kappa shape index (κ3) is 9.31. The van der Waals surface area contributed by atoms with Crippen molar-refractivity contribution in [2.45, 2.75) is 79.0 Å². The highest BCUT2D eigenvalue weighted by Gasteiger charge is 2.31. The van der Waals surface area contributed by atoms with Gasteiger partial charge in [0.15, 0.2) is 0 Å². The molecule has 7 heteroatoms. The number of carbonyl (C=O) groups is 3. The summed E-state index contributed by atoms with van der Waals surface area (Å²) in [5, 5.41) is 5.31. The summed E-state index contributed by atoms with van der Waals surface area (Å²) in [6, 6.07) is -1.54. The van der Waals surface area contributed by atoms with Gasteiger partial charge in [0.2, 0.25) is 5.91 Å². The molecule has 0 saturated carbocycles. The monoisotopic (exact) mass is 358 g/mol. The number of carbonyl (C=O) groups excluding carboxylic acids is 3. The van der Waals surface area contributed by atoms with Crippen LogP contribution >= 0.6 is 0 Å². The van der Waals surface area contributed by atoms with E-state index < -0.39 is 35.7 Å². The zero-order chi connectivity index (χ0) is 19.8. The second-order valence-electron chi connectivity index (χ2n) is 7.72. The molecule has 0 aromatic carbocycles. The topological polar surface area (TPSA) is 93.7 Å². The molecular formula is C18H34N2O5. The second-order valence-corrected chi connectivity index (χ2v) is 7.72.